The number of rotatable bonds is 4. The molecule has 96 valence electrons. The van der Waals surface area contributed by atoms with Gasteiger partial charge < -0.3 is 10.5 Å². The highest BCUT2D eigenvalue weighted by molar-refractivity contribution is 7.90. The fraction of sp³-hybridized carbons (Fsp3) is 0.455. The van der Waals surface area contributed by atoms with Gasteiger partial charge in [0.15, 0.2) is 15.6 Å². The maximum absolute atomic E-state index is 11.6. The van der Waals surface area contributed by atoms with Crippen LogP contribution in [0.15, 0.2) is 17.0 Å². The molecule has 0 spiro atoms. The van der Waals surface area contributed by atoms with Crippen molar-refractivity contribution >= 4 is 21.4 Å². The Hall–Kier alpha value is -0.780. The zero-order valence-electron chi connectivity index (χ0n) is 10.0. The van der Waals surface area contributed by atoms with Crippen molar-refractivity contribution in [1.29, 1.82) is 0 Å². The van der Waals surface area contributed by atoms with Crippen molar-refractivity contribution in [1.82, 2.24) is 0 Å². The zero-order chi connectivity index (χ0) is 13.2. The lowest BCUT2D eigenvalue weighted by atomic mass is 10.1. The summed E-state index contributed by atoms with van der Waals surface area (Å²) in [5.74, 6) is 0.183. The molecule has 0 amide bonds. The van der Waals surface area contributed by atoms with Crippen LogP contribution < -0.4 is 10.5 Å². The molecule has 0 radical (unpaired) electrons. The average Bonchev–Trinajstić information content (AvgIpc) is 2.14. The standard InChI is InChI=1S/C11H16ClNO3S/c1-7(13)4-8-5-9(12)11(16-2)10(6-8)17(3,14)15/h5-7H,4,13H2,1-3H3. The Morgan fingerprint density at radius 2 is 2.06 bits per heavy atom. The molecule has 0 saturated carbocycles. The number of methoxy groups -OCH3 is 1. The summed E-state index contributed by atoms with van der Waals surface area (Å²) in [7, 11) is -1.99. The molecule has 0 heterocycles. The third-order valence-electron chi connectivity index (χ3n) is 2.23. The van der Waals surface area contributed by atoms with Crippen LogP contribution >= 0.6 is 11.6 Å². The molecule has 0 fully saturated rings. The minimum atomic E-state index is -3.38. The minimum Gasteiger partial charge on any atom is -0.494 e. The molecule has 1 rings (SSSR count). The maximum Gasteiger partial charge on any atom is 0.179 e. The summed E-state index contributed by atoms with van der Waals surface area (Å²) >= 11 is 5.99. The van der Waals surface area contributed by atoms with E-state index in [2.05, 4.69) is 0 Å². The Bertz CT molecular complexity index is 512. The molecule has 0 aliphatic heterocycles. The monoisotopic (exact) mass is 277 g/mol. The van der Waals surface area contributed by atoms with E-state index in [-0.39, 0.29) is 21.7 Å². The number of ether oxygens (including phenoxy) is 1. The summed E-state index contributed by atoms with van der Waals surface area (Å²) in [6, 6.07) is 3.17. The van der Waals surface area contributed by atoms with Crippen molar-refractivity contribution in [3.8, 4) is 5.75 Å². The minimum absolute atomic E-state index is 0.0631. The molecular formula is C11H16ClNO3S. The van der Waals surface area contributed by atoms with Crippen LogP contribution in [0.1, 0.15) is 12.5 Å². The summed E-state index contributed by atoms with van der Waals surface area (Å²) < 4.78 is 28.3. The van der Waals surface area contributed by atoms with Gasteiger partial charge in [-0.2, -0.15) is 0 Å². The number of nitrogens with two attached hydrogens (primary N) is 1. The molecule has 1 aromatic carbocycles. The molecular weight excluding hydrogens is 262 g/mol. The number of halogens is 1. The van der Waals surface area contributed by atoms with Crippen molar-refractivity contribution in [2.45, 2.75) is 24.3 Å². The number of hydrogen-bond donors (Lipinski definition) is 1. The average molecular weight is 278 g/mol. The van der Waals surface area contributed by atoms with Crippen molar-refractivity contribution < 1.29 is 13.2 Å². The van der Waals surface area contributed by atoms with Gasteiger partial charge in [0.25, 0.3) is 0 Å². The van der Waals surface area contributed by atoms with Gasteiger partial charge in [-0.05, 0) is 31.0 Å². The molecule has 1 aromatic rings. The van der Waals surface area contributed by atoms with Crippen LogP contribution in [0, 0.1) is 0 Å². The Labute approximate surface area is 107 Å². The van der Waals surface area contributed by atoms with E-state index in [1.54, 1.807) is 12.1 Å². The van der Waals surface area contributed by atoms with Gasteiger partial charge in [-0.3, -0.25) is 0 Å². The number of sulfone groups is 1. The maximum atomic E-state index is 11.6. The van der Waals surface area contributed by atoms with Crippen molar-refractivity contribution in [3.63, 3.8) is 0 Å². The van der Waals surface area contributed by atoms with E-state index in [0.717, 1.165) is 11.8 Å². The topological polar surface area (TPSA) is 69.4 Å². The molecule has 4 nitrogen and oxygen atoms in total. The quantitative estimate of drug-likeness (QED) is 0.908. The Kier molecular flexibility index (Phi) is 4.41. The third kappa shape index (κ3) is 3.59. The van der Waals surface area contributed by atoms with E-state index in [1.807, 2.05) is 6.92 Å². The molecule has 6 heteroatoms. The van der Waals surface area contributed by atoms with Crippen LogP contribution in [0.25, 0.3) is 0 Å². The molecule has 2 N–H and O–H groups in total. The van der Waals surface area contributed by atoms with Crippen molar-refractivity contribution in [3.05, 3.63) is 22.7 Å². The molecule has 1 atom stereocenters. The molecule has 0 aromatic heterocycles. The Morgan fingerprint density at radius 3 is 2.47 bits per heavy atom. The lowest BCUT2D eigenvalue weighted by Crippen LogP contribution is -2.18. The van der Waals surface area contributed by atoms with Crippen molar-refractivity contribution in [2.24, 2.45) is 5.73 Å². The van der Waals surface area contributed by atoms with Crippen LogP contribution in [0.3, 0.4) is 0 Å². The summed E-state index contributed by atoms with van der Waals surface area (Å²) in [5, 5.41) is 0.283. The smallest absolute Gasteiger partial charge is 0.179 e. The van der Waals surface area contributed by atoms with Gasteiger partial charge in [0, 0.05) is 12.3 Å². The second-order valence-corrected chi connectivity index (χ2v) is 6.45. The number of benzene rings is 1. The summed E-state index contributed by atoms with van der Waals surface area (Å²) in [4.78, 5) is 0.100. The first-order valence-electron chi connectivity index (χ1n) is 5.07. The Balaban J connectivity index is 3.39. The summed E-state index contributed by atoms with van der Waals surface area (Å²) in [5.41, 5.74) is 6.46. The van der Waals surface area contributed by atoms with E-state index in [0.29, 0.717) is 6.42 Å². The van der Waals surface area contributed by atoms with Crippen LogP contribution in [0.2, 0.25) is 5.02 Å². The van der Waals surface area contributed by atoms with Gasteiger partial charge >= 0.3 is 0 Å². The normalized spacial score (nSPS) is 13.5. The highest BCUT2D eigenvalue weighted by atomic mass is 35.5. The fourth-order valence-electron chi connectivity index (χ4n) is 1.58. The molecule has 0 bridgehead atoms. The first-order valence-corrected chi connectivity index (χ1v) is 7.34. The van der Waals surface area contributed by atoms with E-state index in [1.165, 1.54) is 7.11 Å². The predicted octanol–water partition coefficient (Wildman–Crippen LogP) is 1.64. The van der Waals surface area contributed by atoms with Crippen molar-refractivity contribution in [2.75, 3.05) is 13.4 Å². The van der Waals surface area contributed by atoms with Crippen LogP contribution in [-0.2, 0) is 16.3 Å². The van der Waals surface area contributed by atoms with Crippen LogP contribution in [0.5, 0.6) is 5.75 Å². The van der Waals surface area contributed by atoms with Gasteiger partial charge in [0.1, 0.15) is 4.90 Å². The first kappa shape index (κ1) is 14.3. The molecule has 0 aliphatic carbocycles. The lowest BCUT2D eigenvalue weighted by Gasteiger charge is -2.12. The zero-order valence-corrected chi connectivity index (χ0v) is 11.6. The molecule has 0 saturated heterocycles. The first-order chi connectivity index (χ1) is 7.75. The van der Waals surface area contributed by atoms with E-state index >= 15 is 0 Å². The molecule has 1 unspecified atom stereocenters. The highest BCUT2D eigenvalue weighted by Crippen LogP contribution is 2.33. The van der Waals surface area contributed by atoms with Gasteiger partial charge in [-0.1, -0.05) is 11.6 Å². The largest absolute Gasteiger partial charge is 0.494 e. The molecule has 17 heavy (non-hydrogen) atoms. The summed E-state index contributed by atoms with van der Waals surface area (Å²) in [6.45, 7) is 1.85. The predicted molar refractivity (Wildman–Crippen MR) is 68.5 cm³/mol. The van der Waals surface area contributed by atoms with Gasteiger partial charge in [0.05, 0.1) is 12.1 Å². The third-order valence-corrected chi connectivity index (χ3v) is 3.61. The highest BCUT2D eigenvalue weighted by Gasteiger charge is 2.18. The SMILES string of the molecule is COc1c(Cl)cc(CC(C)N)cc1S(C)(=O)=O. The lowest BCUT2D eigenvalue weighted by molar-refractivity contribution is 0.403. The van der Waals surface area contributed by atoms with E-state index in [9.17, 15) is 8.42 Å². The van der Waals surface area contributed by atoms with Gasteiger partial charge in [-0.15, -0.1) is 0 Å². The van der Waals surface area contributed by atoms with Crippen LogP contribution in [0.4, 0.5) is 0 Å². The Morgan fingerprint density at radius 1 is 1.47 bits per heavy atom. The second kappa shape index (κ2) is 5.25. The number of hydrogen-bond acceptors (Lipinski definition) is 4. The van der Waals surface area contributed by atoms with Gasteiger partial charge in [-0.25, -0.2) is 8.42 Å². The van der Waals surface area contributed by atoms with Gasteiger partial charge in [0.2, 0.25) is 0 Å². The summed E-state index contributed by atoms with van der Waals surface area (Å²) in [6.07, 6.45) is 1.68. The van der Waals surface area contributed by atoms with E-state index in [4.69, 9.17) is 22.1 Å². The van der Waals surface area contributed by atoms with E-state index < -0.39 is 9.84 Å². The van der Waals surface area contributed by atoms with Crippen LogP contribution in [-0.4, -0.2) is 27.8 Å². The molecule has 0 aliphatic rings. The fourth-order valence-corrected chi connectivity index (χ4v) is 2.86. The second-order valence-electron chi connectivity index (χ2n) is 4.06.